The van der Waals surface area contributed by atoms with Crippen molar-refractivity contribution in [2.75, 3.05) is 31.5 Å². The lowest BCUT2D eigenvalue weighted by Gasteiger charge is -2.21. The van der Waals surface area contributed by atoms with Gasteiger partial charge >= 0.3 is 0 Å². The van der Waals surface area contributed by atoms with Gasteiger partial charge in [0, 0.05) is 58.0 Å². The van der Waals surface area contributed by atoms with Gasteiger partial charge in [-0.2, -0.15) is 5.10 Å². The maximum Gasteiger partial charge on any atom is 0.221 e. The van der Waals surface area contributed by atoms with Crippen LogP contribution in [-0.4, -0.2) is 52.7 Å². The number of nitrogens with zero attached hydrogens (tertiary/aromatic N) is 4. The Bertz CT molecular complexity index is 817. The van der Waals surface area contributed by atoms with Gasteiger partial charge in [0.05, 0.1) is 6.20 Å². The van der Waals surface area contributed by atoms with Gasteiger partial charge in [-0.15, -0.1) is 24.0 Å². The standard InChI is InChI=1S/C21H30N6O.HI/c1-4-22-21(27-12-10-18(15-27)19-13-24-26(3)14-19)23-11-9-17-5-7-20(8-6-17)25-16(2)28;/h5-8,13-14,18H,4,9-12,15H2,1-3H3,(H,22,23)(H,25,28);1H. The van der Waals surface area contributed by atoms with Crippen LogP contribution in [0.5, 0.6) is 0 Å². The van der Waals surface area contributed by atoms with Crippen molar-refractivity contribution in [2.24, 2.45) is 12.0 Å². The van der Waals surface area contributed by atoms with Crippen LogP contribution in [-0.2, 0) is 18.3 Å². The number of hydrogen-bond donors (Lipinski definition) is 2. The van der Waals surface area contributed by atoms with E-state index in [1.807, 2.05) is 42.2 Å². The summed E-state index contributed by atoms with van der Waals surface area (Å²) in [6, 6.07) is 7.96. The monoisotopic (exact) mass is 510 g/mol. The molecule has 2 N–H and O–H groups in total. The molecule has 1 aromatic carbocycles. The molecule has 0 aliphatic carbocycles. The minimum Gasteiger partial charge on any atom is -0.357 e. The fourth-order valence-electron chi connectivity index (χ4n) is 3.55. The zero-order valence-corrected chi connectivity index (χ0v) is 19.7. The minimum absolute atomic E-state index is 0. The smallest absolute Gasteiger partial charge is 0.221 e. The van der Waals surface area contributed by atoms with E-state index in [1.165, 1.54) is 18.1 Å². The van der Waals surface area contributed by atoms with Crippen molar-refractivity contribution in [2.45, 2.75) is 32.6 Å². The number of halogens is 1. The van der Waals surface area contributed by atoms with Crippen molar-refractivity contribution in [1.82, 2.24) is 20.0 Å². The number of benzene rings is 1. The molecule has 7 nitrogen and oxygen atoms in total. The van der Waals surface area contributed by atoms with Gasteiger partial charge in [0.15, 0.2) is 5.96 Å². The minimum atomic E-state index is -0.0529. The summed E-state index contributed by atoms with van der Waals surface area (Å²) in [5, 5.41) is 10.5. The Kier molecular flexibility index (Phi) is 8.94. The van der Waals surface area contributed by atoms with Crippen LogP contribution in [0.25, 0.3) is 0 Å². The van der Waals surface area contributed by atoms with Gasteiger partial charge in [-0.3, -0.25) is 14.5 Å². The van der Waals surface area contributed by atoms with Gasteiger partial charge < -0.3 is 15.5 Å². The number of aryl methyl sites for hydroxylation is 1. The molecule has 1 aromatic heterocycles. The summed E-state index contributed by atoms with van der Waals surface area (Å²) in [6.45, 7) is 7.20. The number of guanidine groups is 1. The molecular weight excluding hydrogens is 479 g/mol. The Morgan fingerprint density at radius 2 is 2.07 bits per heavy atom. The quantitative estimate of drug-likeness (QED) is 0.356. The molecule has 1 amide bonds. The molecule has 1 atom stereocenters. The van der Waals surface area contributed by atoms with Crippen LogP contribution in [0.15, 0.2) is 41.7 Å². The predicted octanol–water partition coefficient (Wildman–Crippen LogP) is 2.99. The molecule has 0 radical (unpaired) electrons. The van der Waals surface area contributed by atoms with Crippen LogP contribution in [0.3, 0.4) is 0 Å². The van der Waals surface area contributed by atoms with E-state index in [-0.39, 0.29) is 29.9 Å². The molecule has 29 heavy (non-hydrogen) atoms. The predicted molar refractivity (Wildman–Crippen MR) is 128 cm³/mol. The van der Waals surface area contributed by atoms with E-state index in [2.05, 4.69) is 33.8 Å². The van der Waals surface area contributed by atoms with Crippen LogP contribution < -0.4 is 10.6 Å². The van der Waals surface area contributed by atoms with E-state index in [4.69, 9.17) is 4.99 Å². The zero-order chi connectivity index (χ0) is 19.9. The molecule has 2 aromatic rings. The highest BCUT2D eigenvalue weighted by Gasteiger charge is 2.26. The van der Waals surface area contributed by atoms with E-state index < -0.39 is 0 Å². The van der Waals surface area contributed by atoms with Crippen molar-refractivity contribution < 1.29 is 4.79 Å². The number of anilines is 1. The third kappa shape index (κ3) is 6.73. The van der Waals surface area contributed by atoms with Gasteiger partial charge in [-0.05, 0) is 43.0 Å². The van der Waals surface area contributed by atoms with Gasteiger partial charge in [0.1, 0.15) is 0 Å². The summed E-state index contributed by atoms with van der Waals surface area (Å²) in [4.78, 5) is 18.3. The largest absolute Gasteiger partial charge is 0.357 e. The Hall–Kier alpha value is -2.10. The maximum absolute atomic E-state index is 11.1. The van der Waals surface area contributed by atoms with Crippen molar-refractivity contribution in [3.05, 3.63) is 47.8 Å². The molecule has 3 rings (SSSR count). The van der Waals surface area contributed by atoms with Crippen molar-refractivity contribution in [3.63, 3.8) is 0 Å². The Morgan fingerprint density at radius 3 is 2.69 bits per heavy atom. The summed E-state index contributed by atoms with van der Waals surface area (Å²) >= 11 is 0. The highest BCUT2D eigenvalue weighted by Crippen LogP contribution is 2.26. The van der Waals surface area contributed by atoms with E-state index in [9.17, 15) is 4.79 Å². The average molecular weight is 510 g/mol. The Morgan fingerprint density at radius 1 is 1.31 bits per heavy atom. The topological polar surface area (TPSA) is 74.6 Å². The summed E-state index contributed by atoms with van der Waals surface area (Å²) in [6.07, 6.45) is 6.08. The Balaban J connectivity index is 0.00000300. The molecule has 1 fully saturated rings. The molecule has 1 aliphatic heterocycles. The third-order valence-corrected chi connectivity index (χ3v) is 4.96. The summed E-state index contributed by atoms with van der Waals surface area (Å²) in [5.74, 6) is 1.45. The van der Waals surface area contributed by atoms with E-state index in [0.717, 1.165) is 50.7 Å². The fourth-order valence-corrected chi connectivity index (χ4v) is 3.55. The van der Waals surface area contributed by atoms with Crippen LogP contribution in [0, 0.1) is 0 Å². The zero-order valence-electron chi connectivity index (χ0n) is 17.4. The highest BCUT2D eigenvalue weighted by atomic mass is 127. The Labute approximate surface area is 190 Å². The van der Waals surface area contributed by atoms with Gasteiger partial charge in [-0.25, -0.2) is 0 Å². The van der Waals surface area contributed by atoms with Crippen molar-refractivity contribution in [1.29, 1.82) is 0 Å². The van der Waals surface area contributed by atoms with E-state index >= 15 is 0 Å². The van der Waals surface area contributed by atoms with Crippen LogP contribution in [0.4, 0.5) is 5.69 Å². The van der Waals surface area contributed by atoms with Gasteiger partial charge in [-0.1, -0.05) is 12.1 Å². The number of rotatable bonds is 6. The molecule has 2 heterocycles. The summed E-state index contributed by atoms with van der Waals surface area (Å²) in [7, 11) is 1.96. The maximum atomic E-state index is 11.1. The molecule has 8 heteroatoms. The van der Waals surface area contributed by atoms with E-state index in [1.54, 1.807) is 0 Å². The molecule has 1 saturated heterocycles. The highest BCUT2D eigenvalue weighted by molar-refractivity contribution is 14.0. The number of carbonyl (C=O) groups is 1. The number of aliphatic imine (C=N–C) groups is 1. The van der Waals surface area contributed by atoms with Crippen molar-refractivity contribution in [3.8, 4) is 0 Å². The van der Waals surface area contributed by atoms with Crippen LogP contribution in [0.1, 0.15) is 37.3 Å². The summed E-state index contributed by atoms with van der Waals surface area (Å²) in [5.41, 5.74) is 3.34. The average Bonchev–Trinajstić information content (AvgIpc) is 3.31. The second kappa shape index (κ2) is 11.2. The van der Waals surface area contributed by atoms with E-state index in [0.29, 0.717) is 5.92 Å². The molecule has 0 spiro atoms. The second-order valence-corrected chi connectivity index (χ2v) is 7.24. The molecular formula is C21H31IN6O. The lowest BCUT2D eigenvalue weighted by Crippen LogP contribution is -2.40. The molecule has 1 aliphatic rings. The van der Waals surface area contributed by atoms with Gasteiger partial charge in [0.25, 0.3) is 0 Å². The molecule has 1 unspecified atom stereocenters. The van der Waals surface area contributed by atoms with Crippen LogP contribution >= 0.6 is 24.0 Å². The normalized spacial score (nSPS) is 16.4. The molecule has 0 saturated carbocycles. The first-order valence-corrected chi connectivity index (χ1v) is 9.93. The number of amides is 1. The molecule has 0 bridgehead atoms. The number of likely N-dealkylation sites (tertiary alicyclic amines) is 1. The number of hydrogen-bond acceptors (Lipinski definition) is 3. The number of nitrogens with one attached hydrogen (secondary N) is 2. The van der Waals surface area contributed by atoms with Crippen molar-refractivity contribution >= 4 is 41.5 Å². The lowest BCUT2D eigenvalue weighted by atomic mass is 10.0. The molecule has 158 valence electrons. The lowest BCUT2D eigenvalue weighted by molar-refractivity contribution is -0.114. The third-order valence-electron chi connectivity index (χ3n) is 4.96. The number of aromatic nitrogens is 2. The number of carbonyl (C=O) groups excluding carboxylic acids is 1. The van der Waals surface area contributed by atoms with Crippen LogP contribution in [0.2, 0.25) is 0 Å². The first kappa shape index (κ1) is 23.2. The fraction of sp³-hybridized carbons (Fsp3) is 0.476. The first-order valence-electron chi connectivity index (χ1n) is 9.93. The SMILES string of the molecule is CCNC(=NCCc1ccc(NC(C)=O)cc1)N1CCC(c2cnn(C)c2)C1.I. The first-order chi connectivity index (χ1) is 13.5. The second-order valence-electron chi connectivity index (χ2n) is 7.24. The summed E-state index contributed by atoms with van der Waals surface area (Å²) < 4.78 is 1.87. The van der Waals surface area contributed by atoms with Gasteiger partial charge in [0.2, 0.25) is 5.91 Å².